The van der Waals surface area contributed by atoms with E-state index in [2.05, 4.69) is 5.32 Å². The smallest absolute Gasteiger partial charge is 0.194 e. The predicted molar refractivity (Wildman–Crippen MR) is 139 cm³/mol. The first-order valence-corrected chi connectivity index (χ1v) is 10.8. The summed E-state index contributed by atoms with van der Waals surface area (Å²) >= 11 is 0. The number of hydrogen-bond acceptors (Lipinski definition) is 4. The molecule has 1 aliphatic rings. The number of guanidine groups is 1. The van der Waals surface area contributed by atoms with Crippen LogP contribution in [0.1, 0.15) is 30.9 Å². The van der Waals surface area contributed by atoms with Gasteiger partial charge >= 0.3 is 0 Å². The Kier molecular flexibility index (Phi) is 10.5. The van der Waals surface area contributed by atoms with Crippen LogP contribution in [0.2, 0.25) is 0 Å². The first-order chi connectivity index (χ1) is 15.0. The monoisotopic (exact) mass is 556 g/mol. The Morgan fingerprint density at radius 3 is 2.62 bits per heavy atom. The van der Waals surface area contributed by atoms with Crippen LogP contribution in [0.5, 0.6) is 5.75 Å². The second-order valence-electron chi connectivity index (χ2n) is 7.84. The normalized spacial score (nSPS) is 14.7. The van der Waals surface area contributed by atoms with Crippen LogP contribution in [0, 0.1) is 5.82 Å². The summed E-state index contributed by atoms with van der Waals surface area (Å²) in [4.78, 5) is 8.74. The van der Waals surface area contributed by atoms with Crippen molar-refractivity contribution in [2.24, 2.45) is 4.99 Å². The number of aliphatic hydroxyl groups excluding tert-OH is 1. The van der Waals surface area contributed by atoms with Crippen LogP contribution in [0.25, 0.3) is 0 Å². The van der Waals surface area contributed by atoms with E-state index in [1.54, 1.807) is 13.2 Å². The third kappa shape index (κ3) is 6.96. The Labute approximate surface area is 207 Å². The molecule has 32 heavy (non-hydrogen) atoms. The summed E-state index contributed by atoms with van der Waals surface area (Å²) in [7, 11) is 3.64. The van der Waals surface area contributed by atoms with Crippen molar-refractivity contribution in [3.8, 4) is 5.75 Å². The van der Waals surface area contributed by atoms with Crippen LogP contribution in [-0.2, 0) is 13.1 Å². The van der Waals surface area contributed by atoms with Gasteiger partial charge in [-0.05, 0) is 43.5 Å². The summed E-state index contributed by atoms with van der Waals surface area (Å²) in [6.07, 6.45) is 1.08. The van der Waals surface area contributed by atoms with Gasteiger partial charge in [0, 0.05) is 38.8 Å². The molecule has 2 aromatic rings. The van der Waals surface area contributed by atoms with E-state index in [0.29, 0.717) is 44.7 Å². The van der Waals surface area contributed by atoms with Crippen LogP contribution in [0.15, 0.2) is 47.5 Å². The fourth-order valence-corrected chi connectivity index (χ4v) is 3.81. The van der Waals surface area contributed by atoms with Crippen LogP contribution in [0.4, 0.5) is 10.1 Å². The van der Waals surface area contributed by atoms with E-state index < -0.39 is 0 Å². The summed E-state index contributed by atoms with van der Waals surface area (Å²) < 4.78 is 20.2. The third-order valence-electron chi connectivity index (χ3n) is 5.53. The lowest BCUT2D eigenvalue weighted by atomic mass is 10.1. The molecule has 0 radical (unpaired) electrons. The van der Waals surface area contributed by atoms with Crippen LogP contribution in [-0.4, -0.2) is 55.9 Å². The van der Waals surface area contributed by atoms with E-state index in [4.69, 9.17) is 9.73 Å². The average molecular weight is 556 g/mol. The molecule has 1 saturated heterocycles. The molecule has 2 N–H and O–H groups in total. The molecule has 0 saturated carbocycles. The largest absolute Gasteiger partial charge is 0.496 e. The van der Waals surface area contributed by atoms with Crippen molar-refractivity contribution < 1.29 is 14.2 Å². The highest BCUT2D eigenvalue weighted by atomic mass is 127. The van der Waals surface area contributed by atoms with Gasteiger partial charge in [-0.1, -0.05) is 24.3 Å². The molecule has 3 rings (SSSR count). The van der Waals surface area contributed by atoms with E-state index in [9.17, 15) is 9.50 Å². The second kappa shape index (κ2) is 12.8. The molecule has 0 aromatic heterocycles. The molecular formula is C24H34FIN4O2. The van der Waals surface area contributed by atoms with E-state index in [1.807, 2.05) is 60.2 Å². The zero-order valence-corrected chi connectivity index (χ0v) is 21.4. The molecule has 0 bridgehead atoms. The van der Waals surface area contributed by atoms with Gasteiger partial charge in [0.15, 0.2) is 5.96 Å². The molecule has 6 nitrogen and oxygen atoms in total. The van der Waals surface area contributed by atoms with Crippen molar-refractivity contribution in [3.05, 3.63) is 59.4 Å². The molecule has 0 spiro atoms. The number of benzene rings is 2. The fourth-order valence-electron chi connectivity index (χ4n) is 3.81. The first-order valence-electron chi connectivity index (χ1n) is 10.8. The number of aliphatic hydroxyl groups is 1. The summed E-state index contributed by atoms with van der Waals surface area (Å²) in [5, 5.41) is 13.0. The summed E-state index contributed by atoms with van der Waals surface area (Å²) in [5.41, 5.74) is 2.49. The van der Waals surface area contributed by atoms with Gasteiger partial charge in [0.05, 0.1) is 25.4 Å². The van der Waals surface area contributed by atoms with Crippen molar-refractivity contribution in [1.29, 1.82) is 0 Å². The minimum atomic E-state index is -0.273. The standard InChI is InChI=1S/C24H33FN4O2.HI/c1-4-26-24(28(2)17-19-7-5-6-8-23(19)31-3)27-16-18-9-10-22(21(25)15-18)29-13-11-20(30)12-14-29;/h5-10,15,20,30H,4,11-14,16-17H2,1-3H3,(H,26,27);1H. The summed E-state index contributed by atoms with van der Waals surface area (Å²) in [6.45, 7) is 5.14. The van der Waals surface area contributed by atoms with Gasteiger partial charge in [-0.25, -0.2) is 9.38 Å². The summed E-state index contributed by atoms with van der Waals surface area (Å²) in [5.74, 6) is 1.35. The quantitative estimate of drug-likeness (QED) is 0.307. The summed E-state index contributed by atoms with van der Waals surface area (Å²) in [6, 6.07) is 13.2. The minimum absolute atomic E-state index is 0. The molecule has 1 heterocycles. The van der Waals surface area contributed by atoms with Crippen molar-refractivity contribution in [1.82, 2.24) is 10.2 Å². The molecule has 2 aromatic carbocycles. The number of rotatable bonds is 7. The topological polar surface area (TPSA) is 60.3 Å². The Balaban J connectivity index is 0.00000363. The van der Waals surface area contributed by atoms with E-state index in [1.165, 1.54) is 0 Å². The van der Waals surface area contributed by atoms with E-state index >= 15 is 0 Å². The number of nitrogens with one attached hydrogen (secondary N) is 1. The van der Waals surface area contributed by atoms with Crippen molar-refractivity contribution in [2.45, 2.75) is 39.0 Å². The minimum Gasteiger partial charge on any atom is -0.496 e. The van der Waals surface area contributed by atoms with Gasteiger partial charge in [-0.2, -0.15) is 0 Å². The van der Waals surface area contributed by atoms with Gasteiger partial charge in [0.2, 0.25) is 0 Å². The van der Waals surface area contributed by atoms with Crippen LogP contribution >= 0.6 is 24.0 Å². The molecule has 1 fully saturated rings. The molecule has 0 amide bonds. The zero-order chi connectivity index (χ0) is 22.2. The van der Waals surface area contributed by atoms with Gasteiger partial charge in [-0.15, -0.1) is 24.0 Å². The Bertz CT molecular complexity index is 888. The molecule has 176 valence electrons. The van der Waals surface area contributed by atoms with Crippen LogP contribution < -0.4 is 15.0 Å². The molecule has 0 unspecified atom stereocenters. The highest BCUT2D eigenvalue weighted by Gasteiger charge is 2.19. The lowest BCUT2D eigenvalue weighted by Crippen LogP contribution is -2.38. The van der Waals surface area contributed by atoms with Crippen molar-refractivity contribution in [2.75, 3.05) is 38.7 Å². The number of para-hydroxylation sites is 1. The average Bonchev–Trinajstić information content (AvgIpc) is 2.78. The first kappa shape index (κ1) is 26.2. The lowest BCUT2D eigenvalue weighted by molar-refractivity contribution is 0.145. The maximum Gasteiger partial charge on any atom is 0.194 e. The van der Waals surface area contributed by atoms with Crippen LogP contribution in [0.3, 0.4) is 0 Å². The lowest BCUT2D eigenvalue weighted by Gasteiger charge is -2.31. The Hall–Kier alpha value is -2.07. The van der Waals surface area contributed by atoms with Gasteiger partial charge in [-0.3, -0.25) is 0 Å². The number of ether oxygens (including phenoxy) is 1. The Morgan fingerprint density at radius 2 is 1.97 bits per heavy atom. The second-order valence-corrected chi connectivity index (χ2v) is 7.84. The maximum absolute atomic E-state index is 14.7. The number of anilines is 1. The molecular weight excluding hydrogens is 522 g/mol. The van der Waals surface area contributed by atoms with Gasteiger partial charge in [0.25, 0.3) is 0 Å². The Morgan fingerprint density at radius 1 is 1.25 bits per heavy atom. The van der Waals surface area contributed by atoms with Gasteiger partial charge < -0.3 is 25.0 Å². The maximum atomic E-state index is 14.7. The van der Waals surface area contributed by atoms with E-state index in [-0.39, 0.29) is 35.9 Å². The number of piperidine rings is 1. The third-order valence-corrected chi connectivity index (χ3v) is 5.53. The van der Waals surface area contributed by atoms with Gasteiger partial charge in [0.1, 0.15) is 11.6 Å². The predicted octanol–water partition coefficient (Wildman–Crippen LogP) is 4.01. The van der Waals surface area contributed by atoms with E-state index in [0.717, 1.165) is 29.4 Å². The molecule has 1 aliphatic heterocycles. The number of nitrogens with zero attached hydrogens (tertiary/aromatic N) is 3. The van der Waals surface area contributed by atoms with Crippen molar-refractivity contribution >= 4 is 35.6 Å². The molecule has 8 heteroatoms. The molecule has 0 atom stereocenters. The highest BCUT2D eigenvalue weighted by Crippen LogP contribution is 2.25. The number of aliphatic imine (C=N–C) groups is 1. The number of methoxy groups -OCH3 is 1. The van der Waals surface area contributed by atoms with Crippen molar-refractivity contribution in [3.63, 3.8) is 0 Å². The fraction of sp³-hybridized carbons (Fsp3) is 0.458. The number of halogens is 2. The SMILES string of the molecule is CCNC(=NCc1ccc(N2CCC(O)CC2)c(F)c1)N(C)Cc1ccccc1OC.I. The highest BCUT2D eigenvalue weighted by molar-refractivity contribution is 14.0. The zero-order valence-electron chi connectivity index (χ0n) is 19.1. The number of hydrogen-bond donors (Lipinski definition) is 2. The molecule has 0 aliphatic carbocycles.